The number of rotatable bonds is 3. The van der Waals surface area contributed by atoms with Crippen LogP contribution in [0.15, 0.2) is 36.4 Å². The van der Waals surface area contributed by atoms with E-state index in [1.807, 2.05) is 26.0 Å². The molecule has 2 heterocycles. The number of fused-ring (bicyclic) bond motifs is 5. The molecule has 3 aliphatic rings. The van der Waals surface area contributed by atoms with Crippen molar-refractivity contribution in [2.75, 3.05) is 10.3 Å². The summed E-state index contributed by atoms with van der Waals surface area (Å²) in [5.41, 5.74) is 5.64. The minimum atomic E-state index is -0.274. The van der Waals surface area contributed by atoms with Crippen molar-refractivity contribution in [3.63, 3.8) is 0 Å². The molecule has 2 bridgehead atoms. The minimum absolute atomic E-state index is 0.0862. The lowest BCUT2D eigenvalue weighted by Gasteiger charge is -2.19. The van der Waals surface area contributed by atoms with Gasteiger partial charge in [0.05, 0.1) is 17.5 Å². The number of anilines is 1. The van der Waals surface area contributed by atoms with Gasteiger partial charge in [-0.2, -0.15) is 0 Å². The van der Waals surface area contributed by atoms with E-state index in [4.69, 9.17) is 0 Å². The van der Waals surface area contributed by atoms with Gasteiger partial charge in [-0.3, -0.25) is 29.4 Å². The summed E-state index contributed by atoms with van der Waals surface area (Å²) in [6.45, 7) is 3.83. The lowest BCUT2D eigenvalue weighted by Crippen LogP contribution is -2.33. The van der Waals surface area contributed by atoms with Gasteiger partial charge in [-0.15, -0.1) is 0 Å². The predicted octanol–water partition coefficient (Wildman–Crippen LogP) is 3.02. The monoisotopic (exact) mass is 377 g/mol. The number of hydrogen-bond donors (Lipinski definition) is 1. The normalized spacial score (nSPS) is 28.1. The van der Waals surface area contributed by atoms with Gasteiger partial charge in [0, 0.05) is 17.0 Å². The molecule has 0 spiro atoms. The van der Waals surface area contributed by atoms with Crippen molar-refractivity contribution in [1.29, 1.82) is 0 Å². The van der Waals surface area contributed by atoms with Gasteiger partial charge in [0.2, 0.25) is 11.8 Å². The number of nitrogens with zero attached hydrogens (tertiary/aromatic N) is 2. The molecule has 1 saturated heterocycles. The Morgan fingerprint density at radius 2 is 1.57 bits per heavy atom. The molecule has 4 atom stereocenters. The van der Waals surface area contributed by atoms with E-state index in [0.717, 1.165) is 30.7 Å². The molecule has 2 aliphatic carbocycles. The Morgan fingerprint density at radius 1 is 0.964 bits per heavy atom. The highest BCUT2D eigenvalue weighted by Crippen LogP contribution is 2.56. The van der Waals surface area contributed by atoms with Crippen LogP contribution in [-0.2, 0) is 9.59 Å². The van der Waals surface area contributed by atoms with Crippen molar-refractivity contribution in [2.24, 2.45) is 23.7 Å². The Bertz CT molecular complexity index is 961. The molecule has 2 aromatic rings. The van der Waals surface area contributed by atoms with Crippen LogP contribution in [0.4, 0.5) is 5.69 Å². The topological polar surface area (TPSA) is 71.4 Å². The third-order valence-electron chi connectivity index (χ3n) is 6.78. The molecular formula is C22H23N3O3. The summed E-state index contributed by atoms with van der Waals surface area (Å²) in [6, 6.07) is 10.7. The maximum atomic E-state index is 13.0. The molecule has 1 N–H and O–H groups in total. The molecule has 0 radical (unpaired) electrons. The standard InChI is InChI=1S/C22H23N3O3/c1-12-6-7-13(2)25(12)23-20(26)16-4-3-5-17(11-16)24-21(27)18-14-8-9-15(10-14)19(18)22(24)28/h3-7,11,14-15,18-19H,8-10H2,1-2H3,(H,23,26)/t14-,15-,18+,19+/m0/s1. The smallest absolute Gasteiger partial charge is 0.270 e. The lowest BCUT2D eigenvalue weighted by atomic mass is 9.81. The van der Waals surface area contributed by atoms with Crippen molar-refractivity contribution in [2.45, 2.75) is 33.1 Å². The first-order chi connectivity index (χ1) is 13.5. The van der Waals surface area contributed by atoms with Gasteiger partial charge < -0.3 is 0 Å². The third-order valence-corrected chi connectivity index (χ3v) is 6.78. The number of benzene rings is 1. The molecule has 6 heteroatoms. The third kappa shape index (κ3) is 2.37. The van der Waals surface area contributed by atoms with Crippen molar-refractivity contribution in [1.82, 2.24) is 4.68 Å². The molecule has 1 aliphatic heterocycles. The SMILES string of the molecule is Cc1ccc(C)n1NC(=O)c1cccc(N2C(=O)[C@@H]3[C@H]4CC[C@@H](C4)[C@H]3C2=O)c1. The average molecular weight is 377 g/mol. The van der Waals surface area contributed by atoms with E-state index in [2.05, 4.69) is 5.43 Å². The van der Waals surface area contributed by atoms with Gasteiger partial charge in [0.15, 0.2) is 0 Å². The van der Waals surface area contributed by atoms with Crippen LogP contribution in [-0.4, -0.2) is 22.4 Å². The summed E-state index contributed by atoms with van der Waals surface area (Å²) in [4.78, 5) is 40.1. The molecule has 2 saturated carbocycles. The van der Waals surface area contributed by atoms with E-state index in [-0.39, 0.29) is 29.6 Å². The highest BCUT2D eigenvalue weighted by Gasteiger charge is 2.61. The number of nitrogens with one attached hydrogen (secondary N) is 1. The Morgan fingerprint density at radius 3 is 2.18 bits per heavy atom. The van der Waals surface area contributed by atoms with E-state index < -0.39 is 0 Å². The van der Waals surface area contributed by atoms with Crippen molar-refractivity contribution in [3.05, 3.63) is 53.3 Å². The maximum absolute atomic E-state index is 13.0. The van der Waals surface area contributed by atoms with Gasteiger partial charge in [-0.25, -0.2) is 0 Å². The Balaban J connectivity index is 1.43. The first-order valence-corrected chi connectivity index (χ1v) is 9.90. The van der Waals surface area contributed by atoms with Crippen LogP contribution in [0.3, 0.4) is 0 Å². The molecule has 6 nitrogen and oxygen atoms in total. The quantitative estimate of drug-likeness (QED) is 0.836. The number of carbonyl (C=O) groups excluding carboxylic acids is 3. The van der Waals surface area contributed by atoms with Crippen LogP contribution in [0.1, 0.15) is 41.0 Å². The fraction of sp³-hybridized carbons (Fsp3) is 0.409. The summed E-state index contributed by atoms with van der Waals surface area (Å²) in [7, 11) is 0. The summed E-state index contributed by atoms with van der Waals surface area (Å²) in [6.07, 6.45) is 3.12. The molecule has 28 heavy (non-hydrogen) atoms. The number of carbonyl (C=O) groups is 3. The molecule has 144 valence electrons. The van der Waals surface area contributed by atoms with Crippen LogP contribution in [0.5, 0.6) is 0 Å². The minimum Gasteiger partial charge on any atom is -0.274 e. The molecule has 1 aromatic heterocycles. The number of amides is 3. The number of aryl methyl sites for hydroxylation is 2. The van der Waals surface area contributed by atoms with Crippen LogP contribution in [0, 0.1) is 37.5 Å². The molecular weight excluding hydrogens is 354 g/mol. The summed E-state index contributed by atoms with van der Waals surface area (Å²) >= 11 is 0. The van der Waals surface area contributed by atoms with Crippen molar-refractivity contribution < 1.29 is 14.4 Å². The fourth-order valence-electron chi connectivity index (χ4n) is 5.46. The number of aromatic nitrogens is 1. The molecule has 0 unspecified atom stereocenters. The first-order valence-electron chi connectivity index (χ1n) is 9.90. The second kappa shape index (κ2) is 6.06. The van der Waals surface area contributed by atoms with Gasteiger partial charge in [0.25, 0.3) is 5.91 Å². The van der Waals surface area contributed by atoms with Gasteiger partial charge in [-0.05, 0) is 75.3 Å². The van der Waals surface area contributed by atoms with Crippen LogP contribution in [0.2, 0.25) is 0 Å². The van der Waals surface area contributed by atoms with Crippen molar-refractivity contribution in [3.8, 4) is 0 Å². The molecule has 3 amide bonds. The zero-order valence-electron chi connectivity index (χ0n) is 16.0. The van der Waals surface area contributed by atoms with E-state index in [1.165, 1.54) is 4.90 Å². The highest BCUT2D eigenvalue weighted by molar-refractivity contribution is 6.23. The second-order valence-corrected chi connectivity index (χ2v) is 8.34. The lowest BCUT2D eigenvalue weighted by molar-refractivity contribution is -0.123. The first kappa shape index (κ1) is 17.2. The van der Waals surface area contributed by atoms with E-state index in [1.54, 1.807) is 28.9 Å². The number of hydrogen-bond acceptors (Lipinski definition) is 3. The zero-order chi connectivity index (χ0) is 19.6. The van der Waals surface area contributed by atoms with E-state index >= 15 is 0 Å². The molecule has 3 fully saturated rings. The van der Waals surface area contributed by atoms with E-state index in [9.17, 15) is 14.4 Å². The zero-order valence-corrected chi connectivity index (χ0v) is 16.0. The summed E-state index contributed by atoms with van der Waals surface area (Å²) in [5.74, 6) is -0.0645. The van der Waals surface area contributed by atoms with Crippen LogP contribution < -0.4 is 10.3 Å². The van der Waals surface area contributed by atoms with Crippen LogP contribution in [0.25, 0.3) is 0 Å². The molecule has 5 rings (SSSR count). The second-order valence-electron chi connectivity index (χ2n) is 8.34. The Kier molecular flexibility index (Phi) is 3.73. The summed E-state index contributed by atoms with van der Waals surface area (Å²) < 4.78 is 1.73. The molecule has 1 aromatic carbocycles. The largest absolute Gasteiger partial charge is 0.274 e. The van der Waals surface area contributed by atoms with Crippen LogP contribution >= 0.6 is 0 Å². The average Bonchev–Trinajstić information content (AvgIpc) is 3.43. The Hall–Kier alpha value is -2.89. The summed E-state index contributed by atoms with van der Waals surface area (Å²) in [5, 5.41) is 0. The van der Waals surface area contributed by atoms with Crippen molar-refractivity contribution >= 4 is 23.4 Å². The van der Waals surface area contributed by atoms with Gasteiger partial charge in [0.1, 0.15) is 0 Å². The maximum Gasteiger partial charge on any atom is 0.270 e. The Labute approximate surface area is 163 Å². The van der Waals surface area contributed by atoms with Gasteiger partial charge >= 0.3 is 0 Å². The van der Waals surface area contributed by atoms with E-state index in [0.29, 0.717) is 23.1 Å². The fourth-order valence-corrected chi connectivity index (χ4v) is 5.46. The number of imide groups is 1. The highest BCUT2D eigenvalue weighted by atomic mass is 16.2. The van der Waals surface area contributed by atoms with Gasteiger partial charge in [-0.1, -0.05) is 6.07 Å². The predicted molar refractivity (Wildman–Crippen MR) is 104 cm³/mol.